The lowest BCUT2D eigenvalue weighted by molar-refractivity contribution is -0.119. The monoisotopic (exact) mass is 508 g/mol. The first kappa shape index (κ1) is 26.3. The van der Waals surface area contributed by atoms with Crippen molar-refractivity contribution in [2.24, 2.45) is 0 Å². The smallest absolute Gasteiger partial charge is 0.251 e. The summed E-state index contributed by atoms with van der Waals surface area (Å²) >= 11 is 0. The van der Waals surface area contributed by atoms with Crippen molar-refractivity contribution in [1.82, 2.24) is 5.32 Å². The third-order valence-corrected chi connectivity index (χ3v) is 5.67. The van der Waals surface area contributed by atoms with Gasteiger partial charge in [0.05, 0.1) is 13.2 Å². The quantitative estimate of drug-likeness (QED) is 0.256. The van der Waals surface area contributed by atoms with Crippen LogP contribution in [0.3, 0.4) is 0 Å². The second kappa shape index (κ2) is 13.0. The number of anilines is 1. The van der Waals surface area contributed by atoms with Crippen LogP contribution in [0.15, 0.2) is 109 Å². The molecule has 0 saturated heterocycles. The molecule has 4 rings (SSSR count). The summed E-state index contributed by atoms with van der Waals surface area (Å²) in [5.74, 6) is 0.362. The Morgan fingerprint density at radius 3 is 1.92 bits per heavy atom. The molecule has 0 saturated carbocycles. The van der Waals surface area contributed by atoms with Crippen molar-refractivity contribution in [1.29, 1.82) is 0 Å². The van der Waals surface area contributed by atoms with Gasteiger partial charge in [0.2, 0.25) is 5.91 Å². The number of carbonyl (C=O) groups is 3. The molecule has 0 aliphatic carbocycles. The van der Waals surface area contributed by atoms with E-state index >= 15 is 0 Å². The highest BCUT2D eigenvalue weighted by Crippen LogP contribution is 2.22. The summed E-state index contributed by atoms with van der Waals surface area (Å²) in [6, 6.07) is 31.2. The molecule has 2 amide bonds. The molecule has 4 aromatic rings. The van der Waals surface area contributed by atoms with Crippen LogP contribution in [0.4, 0.5) is 5.69 Å². The van der Waals surface area contributed by atoms with E-state index in [-0.39, 0.29) is 12.4 Å². The average Bonchev–Trinajstić information content (AvgIpc) is 2.94. The van der Waals surface area contributed by atoms with Gasteiger partial charge in [-0.1, -0.05) is 60.7 Å². The Morgan fingerprint density at radius 1 is 0.711 bits per heavy atom. The number of ketones is 1. The molecular formula is C31H28N2O5. The second-order valence-electron chi connectivity index (χ2n) is 8.59. The first-order valence-electron chi connectivity index (χ1n) is 12.2. The zero-order valence-electron chi connectivity index (χ0n) is 20.9. The number of benzene rings is 4. The maximum Gasteiger partial charge on any atom is 0.251 e. The van der Waals surface area contributed by atoms with Gasteiger partial charge in [0, 0.05) is 16.8 Å². The summed E-state index contributed by atoms with van der Waals surface area (Å²) < 4.78 is 11.6. The molecule has 7 heteroatoms. The predicted octanol–water partition coefficient (Wildman–Crippen LogP) is 5.64. The minimum atomic E-state index is -0.959. The van der Waals surface area contributed by atoms with Gasteiger partial charge >= 0.3 is 0 Å². The number of rotatable bonds is 11. The number of ether oxygens (including phenoxy) is 2. The summed E-state index contributed by atoms with van der Waals surface area (Å²) in [4.78, 5) is 37.6. The van der Waals surface area contributed by atoms with Crippen molar-refractivity contribution in [2.75, 3.05) is 11.9 Å². The molecule has 7 nitrogen and oxygen atoms in total. The molecule has 2 N–H and O–H groups in total. The van der Waals surface area contributed by atoms with Crippen molar-refractivity contribution in [3.05, 3.63) is 126 Å². The maximum atomic E-state index is 13.2. The first-order chi connectivity index (χ1) is 18.5. The van der Waals surface area contributed by atoms with Gasteiger partial charge in [-0.3, -0.25) is 14.4 Å². The number of hydrogen-bond acceptors (Lipinski definition) is 5. The molecule has 0 bridgehead atoms. The zero-order chi connectivity index (χ0) is 26.7. The molecule has 4 aromatic carbocycles. The lowest BCUT2D eigenvalue weighted by atomic mass is 10.1. The van der Waals surface area contributed by atoms with E-state index in [1.165, 1.54) is 6.92 Å². The second-order valence-corrected chi connectivity index (χ2v) is 8.59. The van der Waals surface area contributed by atoms with Gasteiger partial charge < -0.3 is 20.1 Å². The van der Waals surface area contributed by atoms with Crippen LogP contribution in [0.5, 0.6) is 11.5 Å². The lowest BCUT2D eigenvalue weighted by Crippen LogP contribution is -2.46. The van der Waals surface area contributed by atoms with Crippen molar-refractivity contribution in [3.63, 3.8) is 0 Å². The van der Waals surface area contributed by atoms with Crippen molar-refractivity contribution in [3.8, 4) is 11.5 Å². The number of amides is 2. The van der Waals surface area contributed by atoms with Gasteiger partial charge in [0.15, 0.2) is 5.78 Å². The van der Waals surface area contributed by atoms with Crippen molar-refractivity contribution < 1.29 is 23.9 Å². The third-order valence-electron chi connectivity index (χ3n) is 5.67. The summed E-state index contributed by atoms with van der Waals surface area (Å²) in [5, 5.41) is 5.58. The first-order valence-corrected chi connectivity index (χ1v) is 12.2. The number of carbonyl (C=O) groups excluding carboxylic acids is 3. The van der Waals surface area contributed by atoms with E-state index in [0.29, 0.717) is 34.9 Å². The van der Waals surface area contributed by atoms with E-state index in [9.17, 15) is 14.4 Å². The number of Topliss-reactive ketones (excluding diaryl/α,β-unsaturated/α-hetero) is 1. The van der Waals surface area contributed by atoms with Gasteiger partial charge in [-0.2, -0.15) is 0 Å². The maximum absolute atomic E-state index is 13.2. The van der Waals surface area contributed by atoms with Gasteiger partial charge in [0.25, 0.3) is 5.91 Å². The van der Waals surface area contributed by atoms with Gasteiger partial charge in [-0.15, -0.1) is 0 Å². The standard InChI is InChI=1S/C31H28N2O5/c1-22(34)24-12-14-25(15-13-24)30(35)33-29(21-37-20-23-8-4-2-5-9-23)31(36)32-26-16-18-28(19-17-26)38-27-10-6-3-7-11-27/h2-19,29H,20-21H2,1H3,(H,32,36)(H,33,35). The van der Waals surface area contributed by atoms with Gasteiger partial charge in [-0.05, 0) is 61.0 Å². The highest BCUT2D eigenvalue weighted by Gasteiger charge is 2.22. The Bertz CT molecular complexity index is 1360. The molecular weight excluding hydrogens is 480 g/mol. The zero-order valence-corrected chi connectivity index (χ0v) is 20.9. The summed E-state index contributed by atoms with van der Waals surface area (Å²) in [7, 11) is 0. The average molecular weight is 509 g/mol. The molecule has 0 radical (unpaired) electrons. The highest BCUT2D eigenvalue weighted by atomic mass is 16.5. The van der Waals surface area contributed by atoms with Crippen LogP contribution in [0, 0.1) is 0 Å². The van der Waals surface area contributed by atoms with E-state index in [1.807, 2.05) is 60.7 Å². The fraction of sp³-hybridized carbons (Fsp3) is 0.129. The molecule has 1 unspecified atom stereocenters. The molecule has 192 valence electrons. The van der Waals surface area contributed by atoms with E-state index in [0.717, 1.165) is 5.56 Å². The molecule has 0 aromatic heterocycles. The molecule has 0 heterocycles. The Kier molecular flexibility index (Phi) is 8.99. The molecule has 1 atom stereocenters. The van der Waals surface area contributed by atoms with Crippen LogP contribution in [0.1, 0.15) is 33.2 Å². The molecule has 0 spiro atoms. The minimum Gasteiger partial charge on any atom is -0.457 e. The van der Waals surface area contributed by atoms with E-state index in [1.54, 1.807) is 48.5 Å². The SMILES string of the molecule is CC(=O)c1ccc(C(=O)NC(COCc2ccccc2)C(=O)Nc2ccc(Oc3ccccc3)cc2)cc1. The van der Waals surface area contributed by atoms with Crippen LogP contribution >= 0.6 is 0 Å². The van der Waals surface area contributed by atoms with Crippen molar-refractivity contribution in [2.45, 2.75) is 19.6 Å². The molecule has 0 fully saturated rings. The van der Waals surface area contributed by atoms with Crippen LogP contribution in [-0.4, -0.2) is 30.2 Å². The number of hydrogen-bond donors (Lipinski definition) is 2. The predicted molar refractivity (Wildman–Crippen MR) is 145 cm³/mol. The Labute approximate surface area is 221 Å². The largest absolute Gasteiger partial charge is 0.457 e. The fourth-order valence-corrected chi connectivity index (χ4v) is 3.61. The van der Waals surface area contributed by atoms with E-state index in [4.69, 9.17) is 9.47 Å². The van der Waals surface area contributed by atoms with Gasteiger partial charge in [-0.25, -0.2) is 0 Å². The Balaban J connectivity index is 1.42. The Morgan fingerprint density at radius 2 is 1.29 bits per heavy atom. The molecule has 38 heavy (non-hydrogen) atoms. The van der Waals surface area contributed by atoms with E-state index < -0.39 is 17.9 Å². The summed E-state index contributed by atoms with van der Waals surface area (Å²) in [6.45, 7) is 1.71. The molecule has 0 aliphatic rings. The summed E-state index contributed by atoms with van der Waals surface area (Å²) in [5.41, 5.74) is 2.33. The molecule has 0 aliphatic heterocycles. The van der Waals surface area contributed by atoms with E-state index in [2.05, 4.69) is 10.6 Å². The van der Waals surface area contributed by atoms with Crippen LogP contribution in [0.2, 0.25) is 0 Å². The Hall–Kier alpha value is -4.75. The lowest BCUT2D eigenvalue weighted by Gasteiger charge is -2.19. The van der Waals surface area contributed by atoms with Crippen LogP contribution < -0.4 is 15.4 Å². The van der Waals surface area contributed by atoms with Crippen LogP contribution in [0.25, 0.3) is 0 Å². The normalized spacial score (nSPS) is 11.3. The fourth-order valence-electron chi connectivity index (χ4n) is 3.61. The van der Waals surface area contributed by atoms with Crippen molar-refractivity contribution >= 4 is 23.3 Å². The number of nitrogens with one attached hydrogen (secondary N) is 2. The minimum absolute atomic E-state index is 0.0345. The summed E-state index contributed by atoms with van der Waals surface area (Å²) in [6.07, 6.45) is 0. The highest BCUT2D eigenvalue weighted by molar-refractivity contribution is 6.02. The van der Waals surface area contributed by atoms with Crippen LogP contribution in [-0.2, 0) is 16.1 Å². The number of para-hydroxylation sites is 1. The topological polar surface area (TPSA) is 93.7 Å². The van der Waals surface area contributed by atoms with Gasteiger partial charge in [0.1, 0.15) is 17.5 Å². The third kappa shape index (κ3) is 7.62.